The molecule has 0 aliphatic rings. The van der Waals surface area contributed by atoms with Crippen molar-refractivity contribution in [1.82, 2.24) is 10.2 Å². The van der Waals surface area contributed by atoms with Crippen LogP contribution >= 0.6 is 12.2 Å². The normalized spacial score (nSPS) is 10.4. The molecule has 6 nitrogen and oxygen atoms in total. The number of benzene rings is 2. The Morgan fingerprint density at radius 2 is 1.83 bits per heavy atom. The first-order chi connectivity index (χ1) is 14.3. The second kappa shape index (κ2) is 11.3. The maximum Gasteiger partial charge on any atom is 0.261 e. The predicted molar refractivity (Wildman–Crippen MR) is 124 cm³/mol. The number of hydrogen-bond donors (Lipinski definition) is 2. The van der Waals surface area contributed by atoms with Gasteiger partial charge in [-0.3, -0.25) is 14.9 Å². The number of carbonyl (C=O) groups excluding carboxylic acids is 2. The third kappa shape index (κ3) is 7.48. The van der Waals surface area contributed by atoms with Crippen LogP contribution < -0.4 is 15.4 Å². The van der Waals surface area contributed by atoms with Crippen LogP contribution in [0.1, 0.15) is 36.2 Å². The van der Waals surface area contributed by atoms with E-state index in [9.17, 15) is 9.59 Å². The van der Waals surface area contributed by atoms with Crippen molar-refractivity contribution in [2.45, 2.75) is 26.7 Å². The lowest BCUT2D eigenvalue weighted by Gasteiger charge is -2.14. The molecule has 0 aliphatic heterocycles. The summed E-state index contributed by atoms with van der Waals surface area (Å²) < 4.78 is 5.74. The van der Waals surface area contributed by atoms with Crippen molar-refractivity contribution in [3.8, 4) is 5.75 Å². The number of nitrogens with one attached hydrogen (secondary N) is 2. The summed E-state index contributed by atoms with van der Waals surface area (Å²) >= 11 is 5.30. The first-order valence-corrected chi connectivity index (χ1v) is 10.3. The molecule has 0 saturated carbocycles. The largest absolute Gasteiger partial charge is 0.492 e. The van der Waals surface area contributed by atoms with E-state index < -0.39 is 0 Å². The molecule has 0 radical (unpaired) electrons. The van der Waals surface area contributed by atoms with Gasteiger partial charge in [-0.15, -0.1) is 0 Å². The number of amides is 2. The van der Waals surface area contributed by atoms with Crippen LogP contribution in [0.2, 0.25) is 0 Å². The quantitative estimate of drug-likeness (QED) is 0.626. The summed E-state index contributed by atoms with van der Waals surface area (Å²) in [6.45, 7) is 4.62. The number of para-hydroxylation sites is 1. The molecular weight excluding hydrogens is 398 g/mol. The molecule has 2 aromatic carbocycles. The number of aryl methyl sites for hydroxylation is 1. The minimum atomic E-state index is -0.334. The molecule has 2 N–H and O–H groups in total. The van der Waals surface area contributed by atoms with Crippen LogP contribution in [0.25, 0.3) is 0 Å². The maximum absolute atomic E-state index is 12.7. The van der Waals surface area contributed by atoms with Gasteiger partial charge in [0.1, 0.15) is 5.75 Å². The van der Waals surface area contributed by atoms with E-state index in [1.54, 1.807) is 37.2 Å². The third-order valence-corrected chi connectivity index (χ3v) is 4.45. The van der Waals surface area contributed by atoms with Gasteiger partial charge in [-0.25, -0.2) is 0 Å². The monoisotopic (exact) mass is 427 g/mol. The molecule has 7 heteroatoms. The van der Waals surface area contributed by atoms with Crippen LogP contribution in [0.15, 0.2) is 48.5 Å². The van der Waals surface area contributed by atoms with E-state index in [1.807, 2.05) is 44.2 Å². The molecule has 0 aromatic heterocycles. The predicted octanol–water partition coefficient (Wildman–Crippen LogP) is 3.87. The van der Waals surface area contributed by atoms with Gasteiger partial charge in [-0.2, -0.15) is 0 Å². The van der Waals surface area contributed by atoms with E-state index in [2.05, 4.69) is 10.6 Å². The van der Waals surface area contributed by atoms with Crippen molar-refractivity contribution in [2.75, 3.05) is 26.0 Å². The van der Waals surface area contributed by atoms with E-state index in [1.165, 1.54) is 0 Å². The summed E-state index contributed by atoms with van der Waals surface area (Å²) in [5.41, 5.74) is 2.19. The highest BCUT2D eigenvalue weighted by Gasteiger charge is 2.14. The molecule has 2 rings (SSSR count). The van der Waals surface area contributed by atoms with Crippen molar-refractivity contribution in [2.24, 2.45) is 5.92 Å². The SMILES string of the molecule is CC(C)COc1ccccc1C(=O)NC(=S)Nc1cccc(CCC(=O)N(C)C)c1. The summed E-state index contributed by atoms with van der Waals surface area (Å²) in [5, 5.41) is 5.92. The molecule has 0 fully saturated rings. The van der Waals surface area contributed by atoms with E-state index in [4.69, 9.17) is 17.0 Å². The van der Waals surface area contributed by atoms with E-state index in [0.29, 0.717) is 36.7 Å². The highest BCUT2D eigenvalue weighted by Crippen LogP contribution is 2.19. The fourth-order valence-corrected chi connectivity index (χ4v) is 2.86. The van der Waals surface area contributed by atoms with Gasteiger partial charge in [0.05, 0.1) is 12.2 Å². The molecule has 0 unspecified atom stereocenters. The smallest absolute Gasteiger partial charge is 0.261 e. The van der Waals surface area contributed by atoms with E-state index in [0.717, 1.165) is 11.3 Å². The van der Waals surface area contributed by atoms with Crippen LogP contribution in [0, 0.1) is 5.92 Å². The van der Waals surface area contributed by atoms with Crippen molar-refractivity contribution >= 4 is 34.8 Å². The Hall–Kier alpha value is -2.93. The lowest BCUT2D eigenvalue weighted by Crippen LogP contribution is -2.34. The molecule has 0 heterocycles. The molecule has 0 bridgehead atoms. The van der Waals surface area contributed by atoms with Crippen LogP contribution in [-0.4, -0.2) is 42.5 Å². The Morgan fingerprint density at radius 1 is 1.10 bits per heavy atom. The average Bonchev–Trinajstić information content (AvgIpc) is 2.70. The van der Waals surface area contributed by atoms with Crippen LogP contribution in [0.5, 0.6) is 5.75 Å². The Labute approximate surface area is 183 Å². The van der Waals surface area contributed by atoms with Crippen molar-refractivity contribution in [1.29, 1.82) is 0 Å². The maximum atomic E-state index is 12.7. The summed E-state index contributed by atoms with van der Waals surface area (Å²) in [5.74, 6) is 0.623. The summed E-state index contributed by atoms with van der Waals surface area (Å²) in [6, 6.07) is 14.7. The fourth-order valence-electron chi connectivity index (χ4n) is 2.65. The number of nitrogens with zero attached hydrogens (tertiary/aromatic N) is 1. The highest BCUT2D eigenvalue weighted by molar-refractivity contribution is 7.80. The average molecular weight is 428 g/mol. The number of hydrogen-bond acceptors (Lipinski definition) is 4. The lowest BCUT2D eigenvalue weighted by molar-refractivity contribution is -0.128. The van der Waals surface area contributed by atoms with Gasteiger partial charge >= 0.3 is 0 Å². The number of anilines is 1. The number of rotatable bonds is 8. The summed E-state index contributed by atoms with van der Waals surface area (Å²) in [7, 11) is 3.49. The second-order valence-corrected chi connectivity index (χ2v) is 8.01. The minimum Gasteiger partial charge on any atom is -0.492 e. The van der Waals surface area contributed by atoms with Gasteiger partial charge in [-0.05, 0) is 54.4 Å². The minimum absolute atomic E-state index is 0.0782. The second-order valence-electron chi connectivity index (χ2n) is 7.60. The zero-order chi connectivity index (χ0) is 22.1. The Morgan fingerprint density at radius 3 is 2.53 bits per heavy atom. The highest BCUT2D eigenvalue weighted by atomic mass is 32.1. The number of carbonyl (C=O) groups is 2. The molecule has 160 valence electrons. The van der Waals surface area contributed by atoms with Crippen LogP contribution in [-0.2, 0) is 11.2 Å². The molecule has 0 spiro atoms. The number of ether oxygens (including phenoxy) is 1. The van der Waals surface area contributed by atoms with Crippen LogP contribution in [0.4, 0.5) is 5.69 Å². The first kappa shape index (κ1) is 23.3. The van der Waals surface area contributed by atoms with Crippen molar-refractivity contribution in [3.05, 3.63) is 59.7 Å². The Bertz CT molecular complexity index is 897. The Balaban J connectivity index is 1.97. The molecule has 0 saturated heterocycles. The van der Waals surface area contributed by atoms with Gasteiger partial charge in [-0.1, -0.05) is 38.1 Å². The molecule has 2 amide bonds. The lowest BCUT2D eigenvalue weighted by atomic mass is 10.1. The number of thiocarbonyl (C=S) groups is 1. The molecule has 30 heavy (non-hydrogen) atoms. The van der Waals surface area contributed by atoms with Gasteiger partial charge in [0.25, 0.3) is 5.91 Å². The van der Waals surface area contributed by atoms with Gasteiger partial charge in [0.15, 0.2) is 5.11 Å². The third-order valence-electron chi connectivity index (χ3n) is 4.24. The van der Waals surface area contributed by atoms with E-state index in [-0.39, 0.29) is 16.9 Å². The van der Waals surface area contributed by atoms with Gasteiger partial charge in [0.2, 0.25) is 5.91 Å². The van der Waals surface area contributed by atoms with Gasteiger partial charge < -0.3 is 15.0 Å². The zero-order valence-electron chi connectivity index (χ0n) is 17.9. The summed E-state index contributed by atoms with van der Waals surface area (Å²) in [6.07, 6.45) is 1.07. The van der Waals surface area contributed by atoms with Crippen LogP contribution in [0.3, 0.4) is 0 Å². The van der Waals surface area contributed by atoms with Crippen molar-refractivity contribution in [3.63, 3.8) is 0 Å². The zero-order valence-corrected chi connectivity index (χ0v) is 18.7. The molecule has 0 atom stereocenters. The molecule has 0 aliphatic carbocycles. The molecule has 2 aromatic rings. The summed E-state index contributed by atoms with van der Waals surface area (Å²) in [4.78, 5) is 26.0. The first-order valence-electron chi connectivity index (χ1n) is 9.89. The van der Waals surface area contributed by atoms with Gasteiger partial charge in [0, 0.05) is 26.2 Å². The molecular formula is C23H29N3O3S. The van der Waals surface area contributed by atoms with E-state index >= 15 is 0 Å². The fraction of sp³-hybridized carbons (Fsp3) is 0.348. The standard InChI is InChI=1S/C23H29N3O3S/c1-16(2)15-29-20-11-6-5-10-19(20)22(28)25-23(30)24-18-9-7-8-17(14-18)12-13-21(27)26(3)4/h5-11,14,16H,12-13,15H2,1-4H3,(H2,24,25,28,30). The topological polar surface area (TPSA) is 70.7 Å². The Kier molecular flexibility index (Phi) is 8.80. The van der Waals surface area contributed by atoms with Crippen molar-refractivity contribution < 1.29 is 14.3 Å².